The Hall–Kier alpha value is -2.80. The molecule has 0 radical (unpaired) electrons. The van der Waals surface area contributed by atoms with Gasteiger partial charge in [-0.25, -0.2) is 9.18 Å². The van der Waals surface area contributed by atoms with Crippen LogP contribution in [0.15, 0.2) is 53.5 Å². The van der Waals surface area contributed by atoms with Gasteiger partial charge in [-0.1, -0.05) is 42.5 Å². The van der Waals surface area contributed by atoms with Crippen molar-refractivity contribution in [1.82, 2.24) is 4.57 Å². The molecule has 1 atom stereocenters. The summed E-state index contributed by atoms with van der Waals surface area (Å²) in [5.74, 6) is -1.74. The maximum atomic E-state index is 13.0. The molecule has 0 aliphatic rings. The Bertz CT molecular complexity index is 1020. The molecule has 0 aliphatic carbocycles. The van der Waals surface area contributed by atoms with Crippen molar-refractivity contribution in [2.75, 3.05) is 0 Å². The summed E-state index contributed by atoms with van der Waals surface area (Å²) < 4.78 is 15.4. The first-order valence-electron chi connectivity index (χ1n) is 8.14. The zero-order chi connectivity index (χ0) is 18.7. The Morgan fingerprint density at radius 2 is 1.88 bits per heavy atom. The minimum absolute atomic E-state index is 0.0262. The molecule has 0 bridgehead atoms. The number of aliphatic carboxylic acids is 1. The topological polar surface area (TPSA) is 71.7 Å². The third kappa shape index (κ3) is 3.72. The van der Waals surface area contributed by atoms with Gasteiger partial charge >= 0.3 is 5.97 Å². The van der Waals surface area contributed by atoms with Crippen LogP contribution >= 0.6 is 11.3 Å². The number of hydrogen-bond acceptors (Lipinski definition) is 3. The van der Waals surface area contributed by atoms with Crippen LogP contribution in [-0.2, 0) is 16.0 Å². The number of rotatable bonds is 5. The van der Waals surface area contributed by atoms with Crippen LogP contribution in [0.5, 0.6) is 0 Å². The quantitative estimate of drug-likeness (QED) is 0.744. The van der Waals surface area contributed by atoms with Crippen molar-refractivity contribution < 1.29 is 19.1 Å². The standard InChI is InChI=1S/C19H17FN2O3S/c1-2-14(18(24)25)22-15-5-3-4-6-16(15)26-19(22)21-17(23)11-12-7-9-13(20)10-8-12/h3-10,14H,2,11H2,1H3,(H,24,25). The smallest absolute Gasteiger partial charge is 0.326 e. The van der Waals surface area contributed by atoms with Crippen LogP contribution in [0.25, 0.3) is 10.2 Å². The summed E-state index contributed by atoms with van der Waals surface area (Å²) in [6, 6.07) is 12.2. The minimum atomic E-state index is -0.969. The summed E-state index contributed by atoms with van der Waals surface area (Å²) in [5, 5.41) is 9.55. The Labute approximate surface area is 153 Å². The maximum Gasteiger partial charge on any atom is 0.326 e. The molecule has 5 nitrogen and oxygen atoms in total. The molecule has 1 N–H and O–H groups in total. The molecular formula is C19H17FN2O3S. The highest BCUT2D eigenvalue weighted by molar-refractivity contribution is 7.16. The van der Waals surface area contributed by atoms with Crippen molar-refractivity contribution >= 4 is 33.4 Å². The summed E-state index contributed by atoms with van der Waals surface area (Å²) >= 11 is 1.28. The fourth-order valence-electron chi connectivity index (χ4n) is 2.76. The second-order valence-electron chi connectivity index (χ2n) is 5.79. The van der Waals surface area contributed by atoms with Gasteiger partial charge in [-0.2, -0.15) is 4.99 Å². The number of carbonyl (C=O) groups excluding carboxylic acids is 1. The summed E-state index contributed by atoms with van der Waals surface area (Å²) in [5.41, 5.74) is 1.39. The van der Waals surface area contributed by atoms with Crippen molar-refractivity contribution in [3.05, 3.63) is 64.7 Å². The first kappa shape index (κ1) is 18.0. The SMILES string of the molecule is CCC(C(=O)O)n1c(=NC(=O)Cc2ccc(F)cc2)sc2ccccc21. The number of fused-ring (bicyclic) bond motifs is 1. The molecule has 1 heterocycles. The zero-order valence-electron chi connectivity index (χ0n) is 14.1. The van der Waals surface area contributed by atoms with E-state index in [1.807, 2.05) is 24.3 Å². The molecule has 2 aromatic carbocycles. The second-order valence-corrected chi connectivity index (χ2v) is 6.80. The third-order valence-electron chi connectivity index (χ3n) is 4.00. The van der Waals surface area contributed by atoms with E-state index in [4.69, 9.17) is 0 Å². The molecule has 3 rings (SSSR count). The molecule has 1 aromatic heterocycles. The summed E-state index contributed by atoms with van der Waals surface area (Å²) in [4.78, 5) is 28.5. The number of thiazole rings is 1. The molecule has 3 aromatic rings. The van der Waals surface area contributed by atoms with Crippen molar-refractivity contribution in [3.63, 3.8) is 0 Å². The van der Waals surface area contributed by atoms with Gasteiger partial charge in [0.2, 0.25) is 0 Å². The summed E-state index contributed by atoms with van der Waals surface area (Å²) in [6.45, 7) is 1.78. The first-order chi connectivity index (χ1) is 12.5. The lowest BCUT2D eigenvalue weighted by molar-refractivity contribution is -0.141. The molecule has 0 aliphatic heterocycles. The largest absolute Gasteiger partial charge is 0.480 e. The van der Waals surface area contributed by atoms with Gasteiger partial charge in [0.1, 0.15) is 11.9 Å². The van der Waals surface area contributed by atoms with E-state index in [1.165, 1.54) is 35.6 Å². The summed E-state index contributed by atoms with van der Waals surface area (Å²) in [7, 11) is 0. The van der Waals surface area contributed by atoms with Crippen LogP contribution in [0.2, 0.25) is 0 Å². The molecule has 0 fully saturated rings. The van der Waals surface area contributed by atoms with Crippen LogP contribution in [-0.4, -0.2) is 21.6 Å². The number of aromatic nitrogens is 1. The molecule has 0 spiro atoms. The highest BCUT2D eigenvalue weighted by Crippen LogP contribution is 2.22. The first-order valence-corrected chi connectivity index (χ1v) is 8.96. The molecule has 26 heavy (non-hydrogen) atoms. The molecule has 7 heteroatoms. The predicted molar refractivity (Wildman–Crippen MR) is 97.5 cm³/mol. The van der Waals surface area contributed by atoms with E-state index in [2.05, 4.69) is 4.99 Å². The van der Waals surface area contributed by atoms with Crippen LogP contribution in [0.3, 0.4) is 0 Å². The molecule has 0 saturated heterocycles. The fraction of sp³-hybridized carbons (Fsp3) is 0.211. The number of nitrogens with zero attached hydrogens (tertiary/aromatic N) is 2. The van der Waals surface area contributed by atoms with Gasteiger partial charge in [-0.05, 0) is 36.2 Å². The van der Waals surface area contributed by atoms with E-state index in [0.717, 1.165) is 10.2 Å². The number of carboxylic acids is 1. The maximum absolute atomic E-state index is 13.0. The lowest BCUT2D eigenvalue weighted by Crippen LogP contribution is -2.27. The van der Waals surface area contributed by atoms with Crippen molar-refractivity contribution in [3.8, 4) is 0 Å². The second kappa shape index (κ2) is 7.61. The van der Waals surface area contributed by atoms with Gasteiger partial charge in [0, 0.05) is 0 Å². The predicted octanol–water partition coefficient (Wildman–Crippen LogP) is 3.55. The van der Waals surface area contributed by atoms with Gasteiger partial charge in [-0.15, -0.1) is 0 Å². The van der Waals surface area contributed by atoms with E-state index < -0.39 is 17.9 Å². The number of para-hydroxylation sites is 1. The number of carboxylic acid groups (broad SMARTS) is 1. The van der Waals surface area contributed by atoms with Crippen LogP contribution < -0.4 is 4.80 Å². The molecule has 1 unspecified atom stereocenters. The van der Waals surface area contributed by atoms with E-state index in [9.17, 15) is 19.1 Å². The van der Waals surface area contributed by atoms with Crippen LogP contribution in [0.4, 0.5) is 4.39 Å². The van der Waals surface area contributed by atoms with Crippen LogP contribution in [0.1, 0.15) is 24.9 Å². The average molecular weight is 372 g/mol. The molecule has 134 valence electrons. The number of benzene rings is 2. The summed E-state index contributed by atoms with van der Waals surface area (Å²) in [6.07, 6.45) is 0.397. The fourth-order valence-corrected chi connectivity index (χ4v) is 3.85. The highest BCUT2D eigenvalue weighted by Gasteiger charge is 2.21. The number of hydrogen-bond donors (Lipinski definition) is 1. The Balaban J connectivity index is 2.05. The van der Waals surface area contributed by atoms with Crippen molar-refractivity contribution in [2.24, 2.45) is 4.99 Å². The van der Waals surface area contributed by atoms with E-state index in [1.54, 1.807) is 11.5 Å². The van der Waals surface area contributed by atoms with Gasteiger partial charge in [-0.3, -0.25) is 4.79 Å². The van der Waals surface area contributed by atoms with Crippen molar-refractivity contribution in [1.29, 1.82) is 0 Å². The normalized spacial score (nSPS) is 13.1. The zero-order valence-corrected chi connectivity index (χ0v) is 14.9. The van der Waals surface area contributed by atoms with Gasteiger partial charge < -0.3 is 9.67 Å². The average Bonchev–Trinajstić information content (AvgIpc) is 2.95. The highest BCUT2D eigenvalue weighted by atomic mass is 32.1. The Morgan fingerprint density at radius 3 is 2.54 bits per heavy atom. The Morgan fingerprint density at radius 1 is 1.19 bits per heavy atom. The lowest BCUT2D eigenvalue weighted by atomic mass is 10.1. The third-order valence-corrected chi connectivity index (χ3v) is 5.04. The van der Waals surface area contributed by atoms with Gasteiger partial charge in [0.15, 0.2) is 4.80 Å². The number of halogens is 1. The number of carbonyl (C=O) groups is 2. The van der Waals surface area contributed by atoms with Gasteiger partial charge in [0.25, 0.3) is 5.91 Å². The molecular weight excluding hydrogens is 355 g/mol. The number of amides is 1. The van der Waals surface area contributed by atoms with Crippen molar-refractivity contribution in [2.45, 2.75) is 25.8 Å². The monoisotopic (exact) mass is 372 g/mol. The molecule has 1 amide bonds. The van der Waals surface area contributed by atoms with E-state index in [-0.39, 0.29) is 12.2 Å². The Kier molecular flexibility index (Phi) is 5.27. The van der Waals surface area contributed by atoms with E-state index >= 15 is 0 Å². The van der Waals surface area contributed by atoms with Gasteiger partial charge in [0.05, 0.1) is 16.6 Å². The van der Waals surface area contributed by atoms with Crippen LogP contribution in [0, 0.1) is 5.82 Å². The molecule has 0 saturated carbocycles. The minimum Gasteiger partial charge on any atom is -0.480 e. The van der Waals surface area contributed by atoms with E-state index in [0.29, 0.717) is 16.8 Å². The lowest BCUT2D eigenvalue weighted by Gasteiger charge is -2.13.